The Kier molecular flexibility index (Phi) is 5.12. The predicted molar refractivity (Wildman–Crippen MR) is 81.8 cm³/mol. The summed E-state index contributed by atoms with van der Waals surface area (Å²) in [7, 11) is 1.38. The lowest BCUT2D eigenvalue weighted by molar-refractivity contribution is 0.0606. The number of para-hydroxylation sites is 1. The number of esters is 1. The van der Waals surface area contributed by atoms with Crippen molar-refractivity contribution in [3.63, 3.8) is 0 Å². The number of benzene rings is 1. The molecule has 0 N–H and O–H groups in total. The van der Waals surface area contributed by atoms with Crippen LogP contribution in [0.4, 0.5) is 10.8 Å². The van der Waals surface area contributed by atoms with E-state index in [0.29, 0.717) is 4.88 Å². The molecule has 1 heterocycles. The minimum Gasteiger partial charge on any atom is -0.465 e. The first-order valence-corrected chi connectivity index (χ1v) is 7.44. The van der Waals surface area contributed by atoms with Crippen LogP contribution in [0.15, 0.2) is 36.5 Å². The highest BCUT2D eigenvalue weighted by molar-refractivity contribution is 7.17. The molecule has 0 aliphatic carbocycles. The van der Waals surface area contributed by atoms with Crippen molar-refractivity contribution in [2.75, 3.05) is 18.6 Å². The van der Waals surface area contributed by atoms with Gasteiger partial charge in [-0.15, -0.1) is 0 Å². The maximum Gasteiger partial charge on any atom is 0.349 e. The van der Waals surface area contributed by atoms with Gasteiger partial charge >= 0.3 is 5.97 Å². The van der Waals surface area contributed by atoms with Gasteiger partial charge in [0.25, 0.3) is 0 Å². The maximum absolute atomic E-state index is 11.5. The molecule has 1 aromatic heterocycles. The van der Waals surface area contributed by atoms with Gasteiger partial charge in [0, 0.05) is 12.2 Å². The van der Waals surface area contributed by atoms with Crippen molar-refractivity contribution in [2.24, 2.45) is 0 Å². The van der Waals surface area contributed by atoms with Gasteiger partial charge in [-0.2, -0.15) is 0 Å². The Balaban J connectivity index is 2.27. The molecule has 0 aliphatic heterocycles. The SMILES string of the molecule is CCCCN(c1ccccc1)c1ncc(C(=O)OC)s1. The smallest absolute Gasteiger partial charge is 0.349 e. The zero-order chi connectivity index (χ0) is 14.4. The number of carbonyl (C=O) groups excluding carboxylic acids is 1. The minimum atomic E-state index is -0.336. The van der Waals surface area contributed by atoms with Gasteiger partial charge < -0.3 is 9.64 Å². The lowest BCUT2D eigenvalue weighted by Crippen LogP contribution is -2.17. The fourth-order valence-corrected chi connectivity index (χ4v) is 2.73. The molecule has 0 fully saturated rings. The Morgan fingerprint density at radius 2 is 2.10 bits per heavy atom. The van der Waals surface area contributed by atoms with Crippen molar-refractivity contribution in [2.45, 2.75) is 19.8 Å². The molecular formula is C15H18N2O2S. The molecule has 2 rings (SSSR count). The van der Waals surface area contributed by atoms with Gasteiger partial charge in [-0.25, -0.2) is 9.78 Å². The molecule has 0 bridgehead atoms. The number of unbranched alkanes of at least 4 members (excludes halogenated alkanes) is 1. The molecule has 106 valence electrons. The van der Waals surface area contributed by atoms with Crippen molar-refractivity contribution in [1.29, 1.82) is 0 Å². The van der Waals surface area contributed by atoms with Gasteiger partial charge in [-0.3, -0.25) is 0 Å². The molecule has 0 amide bonds. The summed E-state index contributed by atoms with van der Waals surface area (Å²) < 4.78 is 4.73. The number of aromatic nitrogens is 1. The molecule has 0 saturated carbocycles. The molecular weight excluding hydrogens is 272 g/mol. The van der Waals surface area contributed by atoms with Crippen LogP contribution in [0.5, 0.6) is 0 Å². The molecule has 20 heavy (non-hydrogen) atoms. The molecule has 0 atom stereocenters. The third kappa shape index (κ3) is 3.36. The highest BCUT2D eigenvalue weighted by atomic mass is 32.1. The first kappa shape index (κ1) is 14.5. The number of carbonyl (C=O) groups is 1. The van der Waals surface area contributed by atoms with E-state index >= 15 is 0 Å². The summed E-state index contributed by atoms with van der Waals surface area (Å²) in [5, 5.41) is 0.824. The van der Waals surface area contributed by atoms with Gasteiger partial charge in [-0.05, 0) is 18.6 Å². The van der Waals surface area contributed by atoms with E-state index in [1.165, 1.54) is 18.4 Å². The van der Waals surface area contributed by atoms with Gasteiger partial charge in [0.1, 0.15) is 4.88 Å². The number of methoxy groups -OCH3 is 1. The zero-order valence-electron chi connectivity index (χ0n) is 11.7. The Morgan fingerprint density at radius 3 is 2.75 bits per heavy atom. The fraction of sp³-hybridized carbons (Fsp3) is 0.333. The molecule has 0 unspecified atom stereocenters. The molecule has 0 radical (unpaired) electrons. The quantitative estimate of drug-likeness (QED) is 0.757. The average Bonchev–Trinajstić information content (AvgIpc) is 2.98. The summed E-state index contributed by atoms with van der Waals surface area (Å²) in [5.41, 5.74) is 1.09. The Labute approximate surface area is 123 Å². The summed E-state index contributed by atoms with van der Waals surface area (Å²) >= 11 is 1.36. The van der Waals surface area contributed by atoms with Crippen LogP contribution in [-0.2, 0) is 4.74 Å². The van der Waals surface area contributed by atoms with Crippen LogP contribution in [-0.4, -0.2) is 24.6 Å². The van der Waals surface area contributed by atoms with Crippen molar-refractivity contribution in [3.05, 3.63) is 41.4 Å². The van der Waals surface area contributed by atoms with Gasteiger partial charge in [0.2, 0.25) is 0 Å². The van der Waals surface area contributed by atoms with Crippen LogP contribution in [0.1, 0.15) is 29.4 Å². The van der Waals surface area contributed by atoms with Crippen LogP contribution >= 0.6 is 11.3 Å². The second-order valence-electron chi connectivity index (χ2n) is 4.34. The normalized spacial score (nSPS) is 10.3. The lowest BCUT2D eigenvalue weighted by Gasteiger charge is -2.21. The molecule has 0 aliphatic rings. The van der Waals surface area contributed by atoms with E-state index in [1.807, 2.05) is 18.2 Å². The minimum absolute atomic E-state index is 0.336. The van der Waals surface area contributed by atoms with E-state index in [9.17, 15) is 4.79 Å². The molecule has 4 nitrogen and oxygen atoms in total. The number of ether oxygens (including phenoxy) is 1. The van der Waals surface area contributed by atoms with E-state index in [4.69, 9.17) is 4.74 Å². The van der Waals surface area contributed by atoms with Gasteiger partial charge in [0.05, 0.1) is 13.3 Å². The number of thiazole rings is 1. The van der Waals surface area contributed by atoms with Crippen molar-refractivity contribution < 1.29 is 9.53 Å². The third-order valence-electron chi connectivity index (χ3n) is 2.91. The summed E-state index contributed by atoms with van der Waals surface area (Å²) in [6.07, 6.45) is 3.76. The standard InChI is InChI=1S/C15H18N2O2S/c1-3-4-10-17(12-8-6-5-7-9-12)15-16-11-13(20-15)14(18)19-2/h5-9,11H,3-4,10H2,1-2H3. The summed E-state index contributed by atoms with van der Waals surface area (Å²) in [4.78, 5) is 18.6. The second-order valence-corrected chi connectivity index (χ2v) is 5.35. The third-order valence-corrected chi connectivity index (χ3v) is 3.91. The largest absolute Gasteiger partial charge is 0.465 e. The lowest BCUT2D eigenvalue weighted by atomic mass is 10.2. The Bertz CT molecular complexity index is 554. The summed E-state index contributed by atoms with van der Waals surface area (Å²) in [6.45, 7) is 3.04. The fourth-order valence-electron chi connectivity index (χ4n) is 1.84. The highest BCUT2D eigenvalue weighted by Crippen LogP contribution is 2.30. The zero-order valence-corrected chi connectivity index (χ0v) is 12.5. The molecule has 1 aromatic carbocycles. The molecule has 5 heteroatoms. The van der Waals surface area contributed by atoms with Crippen LogP contribution in [0.3, 0.4) is 0 Å². The van der Waals surface area contributed by atoms with E-state index in [1.54, 1.807) is 6.20 Å². The van der Waals surface area contributed by atoms with E-state index in [2.05, 4.69) is 28.9 Å². The van der Waals surface area contributed by atoms with Gasteiger partial charge in [0.15, 0.2) is 5.13 Å². The first-order chi connectivity index (χ1) is 9.76. The second kappa shape index (κ2) is 7.05. The number of hydrogen-bond donors (Lipinski definition) is 0. The number of anilines is 2. The maximum atomic E-state index is 11.5. The van der Waals surface area contributed by atoms with E-state index in [-0.39, 0.29) is 5.97 Å². The van der Waals surface area contributed by atoms with Crippen molar-refractivity contribution >= 4 is 28.1 Å². The van der Waals surface area contributed by atoms with Crippen LogP contribution in [0.25, 0.3) is 0 Å². The first-order valence-electron chi connectivity index (χ1n) is 6.63. The molecule has 0 spiro atoms. The topological polar surface area (TPSA) is 42.4 Å². The number of nitrogens with zero attached hydrogens (tertiary/aromatic N) is 2. The molecule has 2 aromatic rings. The van der Waals surface area contributed by atoms with E-state index in [0.717, 1.165) is 30.2 Å². The monoisotopic (exact) mass is 290 g/mol. The Hall–Kier alpha value is -1.88. The average molecular weight is 290 g/mol. The summed E-state index contributed by atoms with van der Waals surface area (Å²) in [6, 6.07) is 10.1. The van der Waals surface area contributed by atoms with Crippen LogP contribution < -0.4 is 4.90 Å². The van der Waals surface area contributed by atoms with Crippen LogP contribution in [0.2, 0.25) is 0 Å². The highest BCUT2D eigenvalue weighted by Gasteiger charge is 2.16. The number of rotatable bonds is 6. The van der Waals surface area contributed by atoms with E-state index < -0.39 is 0 Å². The predicted octanol–water partition coefficient (Wildman–Crippen LogP) is 3.87. The van der Waals surface area contributed by atoms with Gasteiger partial charge in [-0.1, -0.05) is 42.9 Å². The van der Waals surface area contributed by atoms with Crippen molar-refractivity contribution in [1.82, 2.24) is 4.98 Å². The van der Waals surface area contributed by atoms with Crippen molar-refractivity contribution in [3.8, 4) is 0 Å². The number of hydrogen-bond acceptors (Lipinski definition) is 5. The summed E-state index contributed by atoms with van der Waals surface area (Å²) in [5.74, 6) is -0.336. The molecule has 0 saturated heterocycles. The Morgan fingerprint density at radius 1 is 1.35 bits per heavy atom. The van der Waals surface area contributed by atoms with Crippen LogP contribution in [0, 0.1) is 0 Å².